The van der Waals surface area contributed by atoms with Crippen LogP contribution in [0.2, 0.25) is 0 Å². The van der Waals surface area contributed by atoms with Gasteiger partial charge in [0.05, 0.1) is 6.10 Å². The van der Waals surface area contributed by atoms with E-state index in [1.54, 1.807) is 7.11 Å². The summed E-state index contributed by atoms with van der Waals surface area (Å²) in [7, 11) is 1.80. The monoisotopic (exact) mass is 382 g/mol. The van der Waals surface area contributed by atoms with Crippen LogP contribution in [0, 0.1) is 23.2 Å². The molecule has 5 fully saturated rings. The van der Waals surface area contributed by atoms with Gasteiger partial charge in [-0.15, -0.1) is 0 Å². The fraction of sp³-hybridized carbons (Fsp3) is 0.708. The summed E-state index contributed by atoms with van der Waals surface area (Å²) in [5, 5.41) is 3.18. The number of nitrogens with one attached hydrogen (secondary N) is 1. The highest BCUT2D eigenvalue weighted by Gasteiger charge is 2.51. The lowest BCUT2D eigenvalue weighted by atomic mass is 9.49. The van der Waals surface area contributed by atoms with E-state index in [0.717, 1.165) is 49.4 Å². The number of piperidine rings is 1. The van der Waals surface area contributed by atoms with Gasteiger partial charge in [0.25, 0.3) is 0 Å². The molecule has 1 N–H and O–H groups in total. The Bertz CT molecular complexity index is 679. The van der Waals surface area contributed by atoms with Crippen LogP contribution >= 0.6 is 0 Å². The van der Waals surface area contributed by atoms with E-state index in [4.69, 9.17) is 4.74 Å². The fourth-order valence-electron chi connectivity index (χ4n) is 7.17. The summed E-state index contributed by atoms with van der Waals surface area (Å²) < 4.78 is 5.54. The van der Waals surface area contributed by atoms with Crippen LogP contribution in [-0.4, -0.2) is 32.2 Å². The van der Waals surface area contributed by atoms with Gasteiger partial charge in [0.1, 0.15) is 0 Å². The molecule has 0 aromatic heterocycles. The van der Waals surface area contributed by atoms with Crippen molar-refractivity contribution in [3.63, 3.8) is 0 Å². The third kappa shape index (κ3) is 3.68. The van der Waals surface area contributed by atoms with E-state index in [9.17, 15) is 4.79 Å². The Labute approximate surface area is 169 Å². The Balaban J connectivity index is 1.19. The Kier molecular flexibility index (Phi) is 4.86. The molecular formula is C24H34N2O2. The van der Waals surface area contributed by atoms with Gasteiger partial charge in [0, 0.05) is 38.0 Å². The maximum Gasteiger partial charge on any atom is 0.224 e. The summed E-state index contributed by atoms with van der Waals surface area (Å²) in [5.74, 6) is 2.92. The van der Waals surface area contributed by atoms with E-state index in [0.29, 0.717) is 11.5 Å². The number of nitrogens with zero attached hydrogens (tertiary/aromatic N) is 1. The van der Waals surface area contributed by atoms with Crippen molar-refractivity contribution in [2.45, 2.75) is 63.9 Å². The number of amides is 1. The third-order valence-electron chi connectivity index (χ3n) is 7.93. The van der Waals surface area contributed by atoms with Crippen molar-refractivity contribution in [1.82, 2.24) is 0 Å². The maximum atomic E-state index is 12.8. The van der Waals surface area contributed by atoms with Crippen LogP contribution in [0.3, 0.4) is 0 Å². The molecule has 1 aromatic rings. The van der Waals surface area contributed by atoms with E-state index in [2.05, 4.69) is 34.5 Å². The van der Waals surface area contributed by atoms with E-state index in [1.807, 2.05) is 0 Å². The minimum Gasteiger partial charge on any atom is -0.380 e. The molecule has 4 nitrogen and oxygen atoms in total. The predicted molar refractivity (Wildman–Crippen MR) is 113 cm³/mol. The van der Waals surface area contributed by atoms with Gasteiger partial charge in [0.15, 0.2) is 0 Å². The van der Waals surface area contributed by atoms with Crippen LogP contribution in [0.5, 0.6) is 0 Å². The standard InChI is InChI=1S/C24H34N2O2/c1-28-22-3-2-8-26(16-22)21-6-4-20(5-7-21)25-23(27)15-24-12-17-9-18(13-24)11-19(10-17)14-24/h4-7,17-19,22H,2-3,8-16H2,1H3,(H,25,27). The lowest BCUT2D eigenvalue weighted by Crippen LogP contribution is -2.47. The Morgan fingerprint density at radius 3 is 2.36 bits per heavy atom. The van der Waals surface area contributed by atoms with Crippen molar-refractivity contribution in [3.05, 3.63) is 24.3 Å². The van der Waals surface area contributed by atoms with Crippen molar-refractivity contribution >= 4 is 17.3 Å². The number of benzene rings is 1. The highest BCUT2D eigenvalue weighted by atomic mass is 16.5. The fourth-order valence-corrected chi connectivity index (χ4v) is 7.17. The molecule has 0 radical (unpaired) electrons. The van der Waals surface area contributed by atoms with Gasteiger partial charge in [0.2, 0.25) is 5.91 Å². The molecular weight excluding hydrogens is 348 g/mol. The number of hydrogen-bond donors (Lipinski definition) is 1. The molecule has 0 spiro atoms. The first kappa shape index (κ1) is 18.5. The Morgan fingerprint density at radius 1 is 1.11 bits per heavy atom. The van der Waals surface area contributed by atoms with Gasteiger partial charge in [-0.3, -0.25) is 4.79 Å². The topological polar surface area (TPSA) is 41.6 Å². The second kappa shape index (κ2) is 7.37. The predicted octanol–water partition coefficient (Wildman–Crippen LogP) is 4.85. The van der Waals surface area contributed by atoms with E-state index in [1.165, 1.54) is 50.6 Å². The molecule has 5 aliphatic rings. The number of methoxy groups -OCH3 is 1. The molecule has 1 unspecified atom stereocenters. The van der Waals surface area contributed by atoms with Crippen LogP contribution in [0.15, 0.2) is 24.3 Å². The van der Waals surface area contributed by atoms with Crippen molar-refractivity contribution in [3.8, 4) is 0 Å². The molecule has 4 heteroatoms. The zero-order valence-corrected chi connectivity index (χ0v) is 17.2. The number of anilines is 2. The molecule has 1 amide bonds. The number of ether oxygens (including phenoxy) is 1. The lowest BCUT2D eigenvalue weighted by molar-refractivity contribution is -0.124. The molecule has 1 aromatic carbocycles. The molecule has 1 aliphatic heterocycles. The van der Waals surface area contributed by atoms with Crippen LogP contribution in [0.25, 0.3) is 0 Å². The van der Waals surface area contributed by atoms with Gasteiger partial charge in [-0.25, -0.2) is 0 Å². The molecule has 1 atom stereocenters. The van der Waals surface area contributed by atoms with Gasteiger partial charge in [-0.1, -0.05) is 0 Å². The van der Waals surface area contributed by atoms with Crippen molar-refractivity contribution < 1.29 is 9.53 Å². The van der Waals surface area contributed by atoms with Gasteiger partial charge >= 0.3 is 0 Å². The minimum atomic E-state index is 0.215. The van der Waals surface area contributed by atoms with Gasteiger partial charge in [-0.2, -0.15) is 0 Å². The normalized spacial score (nSPS) is 36.5. The zero-order chi connectivity index (χ0) is 19.1. The highest BCUT2D eigenvalue weighted by molar-refractivity contribution is 5.91. The summed E-state index contributed by atoms with van der Waals surface area (Å²) in [6, 6.07) is 8.39. The lowest BCUT2D eigenvalue weighted by Gasteiger charge is -2.56. The van der Waals surface area contributed by atoms with E-state index in [-0.39, 0.29) is 5.91 Å². The third-order valence-corrected chi connectivity index (χ3v) is 7.93. The summed E-state index contributed by atoms with van der Waals surface area (Å²) in [6.45, 7) is 2.03. The molecule has 1 heterocycles. The molecule has 4 bridgehead atoms. The van der Waals surface area contributed by atoms with E-state index >= 15 is 0 Å². The molecule has 28 heavy (non-hydrogen) atoms. The number of rotatable bonds is 5. The van der Waals surface area contributed by atoms with Crippen molar-refractivity contribution in [1.29, 1.82) is 0 Å². The number of carbonyl (C=O) groups is 1. The Hall–Kier alpha value is -1.55. The van der Waals surface area contributed by atoms with Crippen molar-refractivity contribution in [2.24, 2.45) is 23.2 Å². The number of hydrogen-bond acceptors (Lipinski definition) is 3. The Morgan fingerprint density at radius 2 is 1.75 bits per heavy atom. The van der Waals surface area contributed by atoms with Gasteiger partial charge < -0.3 is 15.0 Å². The second-order valence-corrected chi connectivity index (χ2v) is 10.1. The molecule has 152 valence electrons. The van der Waals surface area contributed by atoms with Crippen molar-refractivity contribution in [2.75, 3.05) is 30.4 Å². The first-order valence-corrected chi connectivity index (χ1v) is 11.3. The van der Waals surface area contributed by atoms with Crippen LogP contribution in [0.4, 0.5) is 11.4 Å². The summed E-state index contributed by atoms with van der Waals surface area (Å²) in [6.07, 6.45) is 11.5. The summed E-state index contributed by atoms with van der Waals surface area (Å²) in [4.78, 5) is 15.2. The maximum absolute atomic E-state index is 12.8. The smallest absolute Gasteiger partial charge is 0.224 e. The van der Waals surface area contributed by atoms with Crippen LogP contribution < -0.4 is 10.2 Å². The molecule has 6 rings (SSSR count). The quantitative estimate of drug-likeness (QED) is 0.792. The first-order chi connectivity index (χ1) is 13.6. The van der Waals surface area contributed by atoms with E-state index < -0.39 is 0 Å². The molecule has 4 aliphatic carbocycles. The molecule has 4 saturated carbocycles. The van der Waals surface area contributed by atoms with Crippen LogP contribution in [-0.2, 0) is 9.53 Å². The first-order valence-electron chi connectivity index (χ1n) is 11.3. The SMILES string of the molecule is COC1CCCN(c2ccc(NC(=O)CC34CC5CC(CC(C5)C3)C4)cc2)C1. The summed E-state index contributed by atoms with van der Waals surface area (Å²) in [5.41, 5.74) is 2.46. The second-order valence-electron chi connectivity index (χ2n) is 10.1. The van der Waals surface area contributed by atoms with Gasteiger partial charge in [-0.05, 0) is 98.8 Å². The average molecular weight is 383 g/mol. The number of carbonyl (C=O) groups excluding carboxylic acids is 1. The highest BCUT2D eigenvalue weighted by Crippen LogP contribution is 2.61. The summed E-state index contributed by atoms with van der Waals surface area (Å²) >= 11 is 0. The largest absolute Gasteiger partial charge is 0.380 e. The molecule has 1 saturated heterocycles. The van der Waals surface area contributed by atoms with Crippen LogP contribution in [0.1, 0.15) is 57.8 Å². The average Bonchev–Trinajstić information content (AvgIpc) is 2.67. The minimum absolute atomic E-state index is 0.215. The zero-order valence-electron chi connectivity index (χ0n) is 17.2.